The molecule has 3 unspecified atom stereocenters. The molecule has 1 amide bonds. The van der Waals surface area contributed by atoms with Crippen molar-refractivity contribution in [2.45, 2.75) is 341 Å². The van der Waals surface area contributed by atoms with Gasteiger partial charge in [0.2, 0.25) is 5.91 Å². The van der Waals surface area contributed by atoms with Crippen LogP contribution in [-0.2, 0) is 14.3 Å². The molecule has 0 saturated carbocycles. The van der Waals surface area contributed by atoms with E-state index in [0.717, 1.165) is 51.4 Å². The molecule has 0 saturated heterocycles. The zero-order valence-electron chi connectivity index (χ0n) is 44.6. The van der Waals surface area contributed by atoms with Gasteiger partial charge in [0.1, 0.15) is 6.10 Å². The first-order chi connectivity index (χ1) is 32.5. The van der Waals surface area contributed by atoms with Crippen molar-refractivity contribution in [2.24, 2.45) is 0 Å². The van der Waals surface area contributed by atoms with Crippen molar-refractivity contribution in [3.05, 3.63) is 24.3 Å². The van der Waals surface area contributed by atoms with Crippen LogP contribution in [0.15, 0.2) is 24.3 Å². The quantitative estimate of drug-likeness (QED) is 0.0321. The summed E-state index contributed by atoms with van der Waals surface area (Å²) in [7, 11) is 0. The van der Waals surface area contributed by atoms with Crippen molar-refractivity contribution in [3.63, 3.8) is 0 Å². The standard InChI is InChI=1S/C60H115NO5/c1-4-7-10-13-16-19-22-24-26-28-29-31-33-35-38-41-44-47-50-53-60(65)66-56(51-48-45-42-39-36-21-18-15-12-9-6-3)54-59(64)61-57(55-62)58(63)52-49-46-43-40-37-34-32-30-27-25-23-20-17-14-11-8-5-2/h16,19,24,26,56-58,62-63H,4-15,17-18,20-23,25,27-55H2,1-3H3,(H,61,64)/b19-16-,26-24-. The summed E-state index contributed by atoms with van der Waals surface area (Å²) in [6.45, 7) is 6.50. The van der Waals surface area contributed by atoms with E-state index in [2.05, 4.69) is 50.4 Å². The van der Waals surface area contributed by atoms with Crippen LogP contribution in [0.2, 0.25) is 0 Å². The van der Waals surface area contributed by atoms with E-state index >= 15 is 0 Å². The Balaban J connectivity index is 4.41. The van der Waals surface area contributed by atoms with E-state index in [9.17, 15) is 19.8 Å². The molecule has 3 atom stereocenters. The lowest BCUT2D eigenvalue weighted by Gasteiger charge is -2.24. The van der Waals surface area contributed by atoms with E-state index < -0.39 is 18.2 Å². The lowest BCUT2D eigenvalue weighted by atomic mass is 10.0. The van der Waals surface area contributed by atoms with Gasteiger partial charge < -0.3 is 20.3 Å². The zero-order chi connectivity index (χ0) is 48.1. The number of rotatable bonds is 54. The van der Waals surface area contributed by atoms with E-state index in [0.29, 0.717) is 19.3 Å². The van der Waals surface area contributed by atoms with E-state index in [-0.39, 0.29) is 24.9 Å². The Labute approximate surface area is 411 Å². The second-order valence-corrected chi connectivity index (χ2v) is 20.4. The highest BCUT2D eigenvalue weighted by Crippen LogP contribution is 2.19. The molecule has 0 aromatic rings. The minimum Gasteiger partial charge on any atom is -0.462 e. The third-order valence-electron chi connectivity index (χ3n) is 13.8. The third-order valence-corrected chi connectivity index (χ3v) is 13.8. The number of amides is 1. The minimum atomic E-state index is -0.784. The molecule has 66 heavy (non-hydrogen) atoms. The summed E-state index contributed by atoms with van der Waals surface area (Å²) in [5.74, 6) is -0.459. The highest BCUT2D eigenvalue weighted by atomic mass is 16.5. The van der Waals surface area contributed by atoms with Gasteiger partial charge in [-0.3, -0.25) is 9.59 Å². The first kappa shape index (κ1) is 64.3. The smallest absolute Gasteiger partial charge is 0.306 e. The molecule has 0 aromatic heterocycles. The third kappa shape index (κ3) is 48.8. The van der Waals surface area contributed by atoms with E-state index in [1.807, 2.05) is 0 Å². The molecule has 0 radical (unpaired) electrons. The summed E-state index contributed by atoms with van der Waals surface area (Å²) in [6, 6.07) is -0.698. The Morgan fingerprint density at radius 2 is 0.773 bits per heavy atom. The second kappa shape index (κ2) is 54.3. The first-order valence-electron chi connectivity index (χ1n) is 29.6. The molecule has 0 aliphatic rings. The SMILES string of the molecule is CCCCC/C=C\C/C=C\CCCCCCCCCCCC(=O)OC(CCCCCCCCCCCCC)CC(=O)NC(CO)C(O)CCCCCCCCCCCCCCCCCCC. The molecule has 0 spiro atoms. The normalized spacial score (nSPS) is 13.2. The fourth-order valence-corrected chi connectivity index (χ4v) is 9.29. The number of aliphatic hydroxyl groups excluding tert-OH is 2. The van der Waals surface area contributed by atoms with Crippen molar-refractivity contribution in [1.82, 2.24) is 5.32 Å². The van der Waals surface area contributed by atoms with Gasteiger partial charge in [-0.05, 0) is 57.8 Å². The van der Waals surface area contributed by atoms with E-state index in [1.54, 1.807) is 0 Å². The number of allylic oxidation sites excluding steroid dienone is 4. The van der Waals surface area contributed by atoms with Crippen LogP contribution in [0.5, 0.6) is 0 Å². The summed E-state index contributed by atoms with van der Waals surface area (Å²) in [6.07, 6.45) is 63.9. The van der Waals surface area contributed by atoms with Crippen LogP contribution in [0.25, 0.3) is 0 Å². The average molecular weight is 931 g/mol. The Morgan fingerprint density at radius 1 is 0.439 bits per heavy atom. The van der Waals surface area contributed by atoms with Crippen molar-refractivity contribution in [1.29, 1.82) is 0 Å². The monoisotopic (exact) mass is 930 g/mol. The van der Waals surface area contributed by atoms with Crippen LogP contribution in [0.1, 0.15) is 323 Å². The van der Waals surface area contributed by atoms with Gasteiger partial charge in [-0.1, -0.05) is 276 Å². The Hall–Kier alpha value is -1.66. The molecule has 390 valence electrons. The van der Waals surface area contributed by atoms with Gasteiger partial charge in [-0.25, -0.2) is 0 Å². The van der Waals surface area contributed by atoms with Gasteiger partial charge >= 0.3 is 5.97 Å². The number of hydrogen-bond donors (Lipinski definition) is 3. The Morgan fingerprint density at radius 3 is 1.18 bits per heavy atom. The molecule has 6 nitrogen and oxygen atoms in total. The Bertz CT molecular complexity index is 1040. The number of unbranched alkanes of at least 4 members (excludes halogenated alkanes) is 38. The molecular formula is C60H115NO5. The summed E-state index contributed by atoms with van der Waals surface area (Å²) in [5, 5.41) is 23.9. The molecule has 0 aliphatic carbocycles. The first-order valence-corrected chi connectivity index (χ1v) is 29.6. The van der Waals surface area contributed by atoms with Crippen molar-refractivity contribution in [2.75, 3.05) is 6.61 Å². The van der Waals surface area contributed by atoms with E-state index in [4.69, 9.17) is 4.74 Å². The number of ether oxygens (including phenoxy) is 1. The highest BCUT2D eigenvalue weighted by Gasteiger charge is 2.24. The average Bonchev–Trinajstić information content (AvgIpc) is 3.31. The van der Waals surface area contributed by atoms with Crippen LogP contribution in [0.4, 0.5) is 0 Å². The molecule has 3 N–H and O–H groups in total. The van der Waals surface area contributed by atoms with Gasteiger partial charge in [0.25, 0.3) is 0 Å². The summed E-state index contributed by atoms with van der Waals surface area (Å²) in [5.41, 5.74) is 0. The summed E-state index contributed by atoms with van der Waals surface area (Å²) >= 11 is 0. The van der Waals surface area contributed by atoms with Crippen LogP contribution in [-0.4, -0.2) is 46.9 Å². The highest BCUT2D eigenvalue weighted by molar-refractivity contribution is 5.77. The van der Waals surface area contributed by atoms with Gasteiger partial charge in [-0.15, -0.1) is 0 Å². The van der Waals surface area contributed by atoms with Crippen LogP contribution in [0, 0.1) is 0 Å². The number of hydrogen-bond acceptors (Lipinski definition) is 5. The Kier molecular flexibility index (Phi) is 52.9. The van der Waals surface area contributed by atoms with Gasteiger partial charge in [-0.2, -0.15) is 0 Å². The van der Waals surface area contributed by atoms with Crippen LogP contribution < -0.4 is 5.32 Å². The number of carbonyl (C=O) groups excluding carboxylic acids is 2. The number of nitrogens with one attached hydrogen (secondary N) is 1. The van der Waals surface area contributed by atoms with Crippen LogP contribution >= 0.6 is 0 Å². The molecule has 0 bridgehead atoms. The molecule has 6 heteroatoms. The largest absolute Gasteiger partial charge is 0.462 e. The van der Waals surface area contributed by atoms with Crippen LogP contribution in [0.3, 0.4) is 0 Å². The maximum Gasteiger partial charge on any atom is 0.306 e. The van der Waals surface area contributed by atoms with Gasteiger partial charge in [0.15, 0.2) is 0 Å². The van der Waals surface area contributed by atoms with Crippen molar-refractivity contribution < 1.29 is 24.5 Å². The molecule has 0 fully saturated rings. The zero-order valence-corrected chi connectivity index (χ0v) is 44.6. The lowest BCUT2D eigenvalue weighted by Crippen LogP contribution is -2.46. The van der Waals surface area contributed by atoms with Gasteiger partial charge in [0.05, 0.1) is 25.2 Å². The minimum absolute atomic E-state index is 0.0820. The fraction of sp³-hybridized carbons (Fsp3) is 0.900. The summed E-state index contributed by atoms with van der Waals surface area (Å²) < 4.78 is 5.96. The fourth-order valence-electron chi connectivity index (χ4n) is 9.29. The van der Waals surface area contributed by atoms with Crippen molar-refractivity contribution in [3.8, 4) is 0 Å². The van der Waals surface area contributed by atoms with E-state index in [1.165, 1.54) is 225 Å². The molecule has 0 heterocycles. The summed E-state index contributed by atoms with van der Waals surface area (Å²) in [4.78, 5) is 26.3. The molecular weight excluding hydrogens is 815 g/mol. The van der Waals surface area contributed by atoms with Gasteiger partial charge in [0, 0.05) is 6.42 Å². The molecule has 0 aromatic carbocycles. The number of esters is 1. The number of carbonyl (C=O) groups is 2. The lowest BCUT2D eigenvalue weighted by molar-refractivity contribution is -0.151. The molecule has 0 rings (SSSR count). The predicted octanol–water partition coefficient (Wildman–Crippen LogP) is 18.2. The maximum absolute atomic E-state index is 13.3. The number of aliphatic hydroxyl groups is 2. The topological polar surface area (TPSA) is 95.9 Å². The van der Waals surface area contributed by atoms with Crippen molar-refractivity contribution >= 4 is 11.9 Å². The maximum atomic E-state index is 13.3. The second-order valence-electron chi connectivity index (χ2n) is 20.4. The molecule has 0 aliphatic heterocycles. The predicted molar refractivity (Wildman–Crippen MR) is 287 cm³/mol.